The Bertz CT molecular complexity index is 88.7. The van der Waals surface area contributed by atoms with E-state index in [1.54, 1.807) is 25.0 Å². The molecule has 72 valence electrons. The Morgan fingerprint density at radius 2 is 0.909 bits per heavy atom. The first-order valence-electron chi connectivity index (χ1n) is 2.50. The minimum absolute atomic E-state index is 0.194. The lowest BCUT2D eigenvalue weighted by atomic mass is 11.9. The summed E-state index contributed by atoms with van der Waals surface area (Å²) in [6, 6.07) is 0. The lowest BCUT2D eigenvalue weighted by Crippen LogP contribution is -1.70. The van der Waals surface area contributed by atoms with Gasteiger partial charge in [0.25, 0.3) is 0 Å². The second kappa shape index (κ2) is 17.1. The number of rotatable bonds is 0. The van der Waals surface area contributed by atoms with E-state index in [2.05, 4.69) is 0 Å². The van der Waals surface area contributed by atoms with E-state index in [-0.39, 0.29) is 5.34 Å². The molecule has 0 amide bonds. The molecule has 0 aromatic rings. The van der Waals surface area contributed by atoms with Crippen molar-refractivity contribution in [2.75, 3.05) is 30.4 Å². The summed E-state index contributed by atoms with van der Waals surface area (Å²) in [5.74, 6) is 0. The molecule has 2 nitrogen and oxygen atoms in total. The Labute approximate surface area is 83.6 Å². The zero-order valence-electron chi connectivity index (χ0n) is 7.10. The van der Waals surface area contributed by atoms with Crippen LogP contribution in [-0.4, -0.2) is 38.8 Å². The molecule has 0 saturated heterocycles. The summed E-state index contributed by atoms with van der Waals surface area (Å²) >= 11 is 9.53. The number of alkyl halides is 2. The van der Waals surface area contributed by atoms with Crippen LogP contribution in [0.25, 0.3) is 0 Å². The third-order valence-electron chi connectivity index (χ3n) is 0. The first-order valence-corrected chi connectivity index (χ1v) is 7.50. The van der Waals surface area contributed by atoms with Crippen LogP contribution in [0, 0.1) is 0 Å². The standard InChI is InChI=1S/2C2H6OS.CH2Cl2/c2*1-4(2)3;2-1-3/h2*1-2H3;1H2. The van der Waals surface area contributed by atoms with E-state index in [0.29, 0.717) is 0 Å². The molecule has 0 N–H and O–H groups in total. The Morgan fingerprint density at radius 3 is 0.909 bits per heavy atom. The molecule has 0 aliphatic heterocycles. The first kappa shape index (κ1) is 17.8. The van der Waals surface area contributed by atoms with Gasteiger partial charge in [-0.3, -0.25) is 8.42 Å². The van der Waals surface area contributed by atoms with Crippen LogP contribution < -0.4 is 0 Å². The third-order valence-corrected chi connectivity index (χ3v) is 0. The molecular formula is C5H14Cl2O2S2. The van der Waals surface area contributed by atoms with Crippen LogP contribution in [0.5, 0.6) is 0 Å². The topological polar surface area (TPSA) is 34.1 Å². The molecule has 0 unspecified atom stereocenters. The maximum atomic E-state index is 9.56. The minimum Gasteiger partial charge on any atom is -0.260 e. The second-order valence-corrected chi connectivity index (χ2v) is 5.36. The summed E-state index contributed by atoms with van der Waals surface area (Å²) in [6.45, 7) is 0. The van der Waals surface area contributed by atoms with Gasteiger partial charge in [0.15, 0.2) is 0 Å². The highest BCUT2D eigenvalue weighted by molar-refractivity contribution is 7.83. The summed E-state index contributed by atoms with van der Waals surface area (Å²) in [5.41, 5.74) is 0. The quantitative estimate of drug-likeness (QED) is 0.601. The predicted octanol–water partition coefficient (Wildman–Crippen LogP) is 1.41. The SMILES string of the molecule is CS(C)=O.CS(C)=O.ClCCl. The van der Waals surface area contributed by atoms with Gasteiger partial charge < -0.3 is 0 Å². The zero-order valence-corrected chi connectivity index (χ0v) is 10.2. The van der Waals surface area contributed by atoms with Gasteiger partial charge in [0.05, 0.1) is 5.34 Å². The van der Waals surface area contributed by atoms with Crippen molar-refractivity contribution in [3.8, 4) is 0 Å². The molecule has 6 heteroatoms. The van der Waals surface area contributed by atoms with Gasteiger partial charge >= 0.3 is 0 Å². The van der Waals surface area contributed by atoms with Crippen LogP contribution in [0.3, 0.4) is 0 Å². The summed E-state index contributed by atoms with van der Waals surface area (Å²) < 4.78 is 19.1. The van der Waals surface area contributed by atoms with Crippen molar-refractivity contribution >= 4 is 44.8 Å². The molecule has 0 spiro atoms. The van der Waals surface area contributed by atoms with Crippen molar-refractivity contribution in [1.82, 2.24) is 0 Å². The van der Waals surface area contributed by atoms with Gasteiger partial charge in [-0.05, 0) is 0 Å². The molecule has 0 atom stereocenters. The molecule has 11 heavy (non-hydrogen) atoms. The zero-order chi connectivity index (χ0) is 9.86. The van der Waals surface area contributed by atoms with Crippen LogP contribution in [0.4, 0.5) is 0 Å². The largest absolute Gasteiger partial charge is 0.260 e. The molecular weight excluding hydrogens is 227 g/mol. The third kappa shape index (κ3) is 1110. The molecule has 0 aliphatic rings. The molecule has 0 aromatic heterocycles. The van der Waals surface area contributed by atoms with Crippen LogP contribution in [-0.2, 0) is 21.6 Å². The lowest BCUT2D eigenvalue weighted by molar-refractivity contribution is 0.689. The molecule has 0 rings (SSSR count). The van der Waals surface area contributed by atoms with E-state index in [9.17, 15) is 8.42 Å². The summed E-state index contributed by atoms with van der Waals surface area (Å²) in [5, 5.41) is 0.194. The van der Waals surface area contributed by atoms with E-state index in [1.165, 1.54) is 0 Å². The van der Waals surface area contributed by atoms with E-state index >= 15 is 0 Å². The van der Waals surface area contributed by atoms with Crippen molar-refractivity contribution in [3.63, 3.8) is 0 Å². The Morgan fingerprint density at radius 1 is 0.909 bits per heavy atom. The smallest absolute Gasteiger partial charge is 0.0967 e. The monoisotopic (exact) mass is 240 g/mol. The van der Waals surface area contributed by atoms with Gasteiger partial charge in [-0.1, -0.05) is 0 Å². The Kier molecular flexibility index (Phi) is 27.7. The van der Waals surface area contributed by atoms with Crippen molar-refractivity contribution in [3.05, 3.63) is 0 Å². The molecule has 0 bridgehead atoms. The molecule has 0 heterocycles. The summed E-state index contributed by atoms with van der Waals surface area (Å²) in [6.07, 6.45) is 6.56. The van der Waals surface area contributed by atoms with Crippen molar-refractivity contribution in [1.29, 1.82) is 0 Å². The van der Waals surface area contributed by atoms with Gasteiger partial charge in [0.1, 0.15) is 0 Å². The second-order valence-electron chi connectivity index (χ2n) is 1.58. The van der Waals surface area contributed by atoms with Crippen LogP contribution in [0.2, 0.25) is 0 Å². The molecule has 0 aliphatic carbocycles. The van der Waals surface area contributed by atoms with Crippen LogP contribution >= 0.6 is 23.2 Å². The summed E-state index contributed by atoms with van der Waals surface area (Å²) in [7, 11) is -1.22. The summed E-state index contributed by atoms with van der Waals surface area (Å²) in [4.78, 5) is 0. The predicted molar refractivity (Wildman–Crippen MR) is 56.6 cm³/mol. The highest BCUT2D eigenvalue weighted by atomic mass is 35.5. The Hall–Kier alpha value is 0.880. The van der Waals surface area contributed by atoms with Crippen molar-refractivity contribution in [2.45, 2.75) is 0 Å². The molecule has 0 radical (unpaired) electrons. The molecule has 0 fully saturated rings. The average Bonchev–Trinajstić information content (AvgIpc) is 1.60. The number of halogens is 2. The lowest BCUT2D eigenvalue weighted by Gasteiger charge is -1.60. The van der Waals surface area contributed by atoms with E-state index in [0.717, 1.165) is 0 Å². The van der Waals surface area contributed by atoms with Crippen LogP contribution in [0.1, 0.15) is 0 Å². The molecule has 0 aromatic carbocycles. The van der Waals surface area contributed by atoms with Crippen molar-refractivity contribution < 1.29 is 8.42 Å². The fraction of sp³-hybridized carbons (Fsp3) is 1.00. The van der Waals surface area contributed by atoms with E-state index < -0.39 is 21.6 Å². The fourth-order valence-electron chi connectivity index (χ4n) is 0. The minimum atomic E-state index is -0.611. The van der Waals surface area contributed by atoms with E-state index in [1.807, 2.05) is 0 Å². The maximum Gasteiger partial charge on any atom is 0.0967 e. The average molecular weight is 241 g/mol. The van der Waals surface area contributed by atoms with Gasteiger partial charge in [0.2, 0.25) is 0 Å². The number of hydrogen-bond acceptors (Lipinski definition) is 2. The van der Waals surface area contributed by atoms with Gasteiger partial charge in [-0.25, -0.2) is 0 Å². The highest BCUT2D eigenvalue weighted by Crippen LogP contribution is 1.73. The fourth-order valence-corrected chi connectivity index (χ4v) is 0. The van der Waals surface area contributed by atoms with Crippen molar-refractivity contribution in [2.24, 2.45) is 0 Å². The van der Waals surface area contributed by atoms with E-state index in [4.69, 9.17) is 23.2 Å². The van der Waals surface area contributed by atoms with Gasteiger partial charge in [-0.15, -0.1) is 23.2 Å². The van der Waals surface area contributed by atoms with Gasteiger partial charge in [0, 0.05) is 46.6 Å². The molecule has 0 saturated carbocycles. The maximum absolute atomic E-state index is 9.56. The van der Waals surface area contributed by atoms with Crippen LogP contribution in [0.15, 0.2) is 0 Å². The van der Waals surface area contributed by atoms with Gasteiger partial charge in [-0.2, -0.15) is 0 Å². The first-order chi connectivity index (χ1) is 4.88. The normalized spacial score (nSPS) is 8.00. The highest BCUT2D eigenvalue weighted by Gasteiger charge is 1.58. The number of hydrogen-bond donors (Lipinski definition) is 0. The Balaban J connectivity index is -0.0000000886.